The highest BCUT2D eigenvalue weighted by Crippen LogP contribution is 2.21. The maximum absolute atomic E-state index is 13.1. The molecule has 2 rings (SSSR count). The molecule has 0 amide bonds. The summed E-state index contributed by atoms with van der Waals surface area (Å²) in [5.74, 6) is 0.540. The van der Waals surface area contributed by atoms with E-state index in [1.165, 1.54) is 18.3 Å². The largest absolute Gasteiger partial charge is 0.486 e. The lowest BCUT2D eigenvalue weighted by molar-refractivity contribution is 0.290. The molecule has 0 radical (unpaired) electrons. The fraction of sp³-hybridized carbons (Fsp3) is 0.182. The van der Waals surface area contributed by atoms with Crippen molar-refractivity contribution in [1.82, 2.24) is 9.55 Å². The molecule has 0 spiro atoms. The Morgan fingerprint density at radius 1 is 1.41 bits per heavy atom. The Morgan fingerprint density at radius 2 is 2.18 bits per heavy atom. The summed E-state index contributed by atoms with van der Waals surface area (Å²) in [4.78, 5) is 4.06. The number of hydrogen-bond donors (Lipinski definition) is 0. The summed E-state index contributed by atoms with van der Waals surface area (Å²) >= 11 is 11.4. The molecule has 1 heterocycles. The smallest absolute Gasteiger partial charge is 0.147 e. The Morgan fingerprint density at radius 3 is 2.76 bits per heavy atom. The summed E-state index contributed by atoms with van der Waals surface area (Å²) in [5, 5.41) is 0.586. The standard InChI is InChI=1S/C11H9Cl2FN2O/c1-16-10(13)5-15-11(16)6-17-7-2-3-8(12)9(14)4-7/h2-5H,6H2,1H3. The van der Waals surface area contributed by atoms with Crippen molar-refractivity contribution >= 4 is 23.2 Å². The predicted octanol–water partition coefficient (Wildman–Crippen LogP) is 3.45. The Labute approximate surface area is 108 Å². The molecule has 0 saturated carbocycles. The fourth-order valence-electron chi connectivity index (χ4n) is 1.27. The molecular weight excluding hydrogens is 266 g/mol. The van der Waals surface area contributed by atoms with Crippen LogP contribution in [-0.4, -0.2) is 9.55 Å². The lowest BCUT2D eigenvalue weighted by atomic mass is 10.3. The van der Waals surface area contributed by atoms with Gasteiger partial charge in [0.05, 0.1) is 11.2 Å². The first-order chi connectivity index (χ1) is 8.08. The molecule has 0 atom stereocenters. The number of imidazole rings is 1. The highest BCUT2D eigenvalue weighted by Gasteiger charge is 2.06. The minimum atomic E-state index is -0.512. The van der Waals surface area contributed by atoms with E-state index in [4.69, 9.17) is 27.9 Å². The number of hydrogen-bond acceptors (Lipinski definition) is 2. The average Bonchev–Trinajstić information content (AvgIpc) is 2.62. The molecule has 0 N–H and O–H groups in total. The lowest BCUT2D eigenvalue weighted by Gasteiger charge is -2.06. The monoisotopic (exact) mass is 274 g/mol. The zero-order valence-electron chi connectivity index (χ0n) is 8.95. The number of nitrogens with zero attached hydrogens (tertiary/aromatic N) is 2. The molecule has 0 aliphatic carbocycles. The van der Waals surface area contributed by atoms with Gasteiger partial charge in [0, 0.05) is 13.1 Å². The van der Waals surface area contributed by atoms with Gasteiger partial charge >= 0.3 is 0 Å². The van der Waals surface area contributed by atoms with Crippen LogP contribution in [-0.2, 0) is 13.7 Å². The minimum Gasteiger partial charge on any atom is -0.486 e. The number of ether oxygens (including phenoxy) is 1. The normalized spacial score (nSPS) is 10.6. The van der Waals surface area contributed by atoms with Crippen LogP contribution in [0.25, 0.3) is 0 Å². The number of halogens is 3. The molecule has 0 aliphatic heterocycles. The quantitative estimate of drug-likeness (QED) is 0.857. The van der Waals surface area contributed by atoms with Crippen LogP contribution < -0.4 is 4.74 Å². The van der Waals surface area contributed by atoms with Gasteiger partial charge in [0.15, 0.2) is 0 Å². The summed E-state index contributed by atoms with van der Waals surface area (Å²) in [5.41, 5.74) is 0. The molecule has 90 valence electrons. The van der Waals surface area contributed by atoms with Crippen molar-refractivity contribution in [3.63, 3.8) is 0 Å². The average molecular weight is 275 g/mol. The van der Waals surface area contributed by atoms with Crippen molar-refractivity contribution in [1.29, 1.82) is 0 Å². The number of rotatable bonds is 3. The molecule has 0 saturated heterocycles. The van der Waals surface area contributed by atoms with E-state index in [1.54, 1.807) is 17.7 Å². The zero-order chi connectivity index (χ0) is 12.4. The van der Waals surface area contributed by atoms with E-state index in [9.17, 15) is 4.39 Å². The van der Waals surface area contributed by atoms with Crippen LogP contribution in [0.4, 0.5) is 4.39 Å². The summed E-state index contributed by atoms with van der Waals surface area (Å²) in [6.45, 7) is 0.213. The van der Waals surface area contributed by atoms with Crippen LogP contribution in [0.15, 0.2) is 24.4 Å². The molecule has 0 fully saturated rings. The summed E-state index contributed by atoms with van der Waals surface area (Å²) < 4.78 is 20.2. The van der Waals surface area contributed by atoms with Gasteiger partial charge in [-0.2, -0.15) is 0 Å². The Kier molecular flexibility index (Phi) is 3.54. The molecule has 0 aliphatic rings. The second-order valence-corrected chi connectivity index (χ2v) is 4.22. The highest BCUT2D eigenvalue weighted by molar-refractivity contribution is 6.30. The van der Waals surface area contributed by atoms with Crippen molar-refractivity contribution in [2.75, 3.05) is 0 Å². The van der Waals surface area contributed by atoms with Crippen LogP contribution in [0, 0.1) is 5.82 Å². The molecule has 1 aromatic heterocycles. The Balaban J connectivity index is 2.07. The lowest BCUT2D eigenvalue weighted by Crippen LogP contribution is -2.03. The van der Waals surface area contributed by atoms with E-state index < -0.39 is 5.82 Å². The maximum Gasteiger partial charge on any atom is 0.147 e. The van der Waals surface area contributed by atoms with Gasteiger partial charge in [-0.1, -0.05) is 23.2 Å². The molecular formula is C11H9Cl2FN2O. The topological polar surface area (TPSA) is 27.1 Å². The summed E-state index contributed by atoms with van der Waals surface area (Å²) in [7, 11) is 1.77. The van der Waals surface area contributed by atoms with Gasteiger partial charge in [0.2, 0.25) is 0 Å². The second-order valence-electron chi connectivity index (χ2n) is 3.42. The van der Waals surface area contributed by atoms with Crippen LogP contribution in [0.3, 0.4) is 0 Å². The van der Waals surface area contributed by atoms with Gasteiger partial charge in [-0.15, -0.1) is 0 Å². The molecule has 2 aromatic rings. The highest BCUT2D eigenvalue weighted by atomic mass is 35.5. The second kappa shape index (κ2) is 4.94. The van der Waals surface area contributed by atoms with Gasteiger partial charge in [-0.3, -0.25) is 0 Å². The first-order valence-electron chi connectivity index (χ1n) is 4.82. The van der Waals surface area contributed by atoms with Crippen molar-refractivity contribution in [3.05, 3.63) is 46.2 Å². The van der Waals surface area contributed by atoms with E-state index in [0.717, 1.165) is 0 Å². The minimum absolute atomic E-state index is 0.0670. The van der Waals surface area contributed by atoms with E-state index in [2.05, 4.69) is 4.98 Å². The third-order valence-electron chi connectivity index (χ3n) is 2.29. The van der Waals surface area contributed by atoms with E-state index in [1.807, 2.05) is 0 Å². The van der Waals surface area contributed by atoms with Crippen molar-refractivity contribution in [2.45, 2.75) is 6.61 Å². The first-order valence-corrected chi connectivity index (χ1v) is 5.57. The summed E-state index contributed by atoms with van der Waals surface area (Å²) in [6, 6.07) is 4.26. The molecule has 17 heavy (non-hydrogen) atoms. The summed E-state index contributed by atoms with van der Waals surface area (Å²) in [6.07, 6.45) is 1.53. The van der Waals surface area contributed by atoms with Crippen molar-refractivity contribution in [2.24, 2.45) is 7.05 Å². The van der Waals surface area contributed by atoms with Gasteiger partial charge in [-0.05, 0) is 12.1 Å². The van der Waals surface area contributed by atoms with E-state index >= 15 is 0 Å². The molecule has 3 nitrogen and oxygen atoms in total. The van der Waals surface area contributed by atoms with Crippen LogP contribution in [0.5, 0.6) is 5.75 Å². The van der Waals surface area contributed by atoms with Crippen LogP contribution in [0.2, 0.25) is 10.2 Å². The van der Waals surface area contributed by atoms with Gasteiger partial charge < -0.3 is 9.30 Å². The predicted molar refractivity (Wildman–Crippen MR) is 64.0 cm³/mol. The van der Waals surface area contributed by atoms with Crippen LogP contribution in [0.1, 0.15) is 5.82 Å². The Bertz CT molecular complexity index is 542. The molecule has 6 heteroatoms. The van der Waals surface area contributed by atoms with Crippen molar-refractivity contribution < 1.29 is 9.13 Å². The third-order valence-corrected chi connectivity index (χ3v) is 2.94. The van der Waals surface area contributed by atoms with Crippen LogP contribution >= 0.6 is 23.2 Å². The van der Waals surface area contributed by atoms with Gasteiger partial charge in [-0.25, -0.2) is 9.37 Å². The zero-order valence-corrected chi connectivity index (χ0v) is 10.5. The van der Waals surface area contributed by atoms with Crippen molar-refractivity contribution in [3.8, 4) is 5.75 Å². The SMILES string of the molecule is Cn1c(Cl)cnc1COc1ccc(Cl)c(F)c1. The number of aromatic nitrogens is 2. The molecule has 0 unspecified atom stereocenters. The number of benzene rings is 1. The molecule has 1 aromatic carbocycles. The van der Waals surface area contributed by atoms with E-state index in [-0.39, 0.29) is 11.6 Å². The third kappa shape index (κ3) is 2.70. The van der Waals surface area contributed by atoms with Gasteiger partial charge in [0.25, 0.3) is 0 Å². The Hall–Kier alpha value is -1.26. The molecule has 0 bridgehead atoms. The fourth-order valence-corrected chi connectivity index (χ4v) is 1.54. The van der Waals surface area contributed by atoms with E-state index in [0.29, 0.717) is 16.7 Å². The first kappa shape index (κ1) is 12.2. The van der Waals surface area contributed by atoms with Gasteiger partial charge in [0.1, 0.15) is 29.2 Å². The maximum atomic E-state index is 13.1.